The first-order valence-electron chi connectivity index (χ1n) is 7.46. The second-order valence-electron chi connectivity index (χ2n) is 5.55. The van der Waals surface area contributed by atoms with E-state index in [2.05, 4.69) is 20.1 Å². The van der Waals surface area contributed by atoms with E-state index in [1.807, 2.05) is 30.9 Å². The average Bonchev–Trinajstić information content (AvgIpc) is 3.28. The van der Waals surface area contributed by atoms with Crippen LogP contribution >= 0.6 is 11.3 Å². The molecule has 0 bridgehead atoms. The number of ether oxygens (including phenoxy) is 1. The van der Waals surface area contributed by atoms with Crippen LogP contribution in [0.5, 0.6) is 0 Å². The van der Waals surface area contributed by atoms with Crippen LogP contribution in [0.15, 0.2) is 34.6 Å². The molecule has 1 fully saturated rings. The first kappa shape index (κ1) is 14.6. The lowest BCUT2D eigenvalue weighted by molar-refractivity contribution is -0.0351. The number of morpholine rings is 1. The summed E-state index contributed by atoms with van der Waals surface area (Å²) in [4.78, 5) is 6.66. The molecule has 7 nitrogen and oxygen atoms in total. The molecule has 0 aromatic carbocycles. The van der Waals surface area contributed by atoms with Crippen molar-refractivity contribution in [1.82, 2.24) is 24.8 Å². The molecule has 3 aromatic heterocycles. The summed E-state index contributed by atoms with van der Waals surface area (Å²) in [6, 6.07) is 1.98. The van der Waals surface area contributed by atoms with Gasteiger partial charge in [0.1, 0.15) is 16.8 Å². The number of hydrogen-bond donors (Lipinski definition) is 0. The molecule has 0 aliphatic carbocycles. The van der Waals surface area contributed by atoms with Gasteiger partial charge in [0.25, 0.3) is 0 Å². The maximum absolute atomic E-state index is 5.82. The summed E-state index contributed by atoms with van der Waals surface area (Å²) in [7, 11) is 1.89. The van der Waals surface area contributed by atoms with Crippen LogP contribution in [0.1, 0.15) is 16.9 Å². The molecule has 4 rings (SSSR count). The fourth-order valence-electron chi connectivity index (χ4n) is 2.69. The Morgan fingerprint density at radius 2 is 2.39 bits per heavy atom. The van der Waals surface area contributed by atoms with Crippen molar-refractivity contribution in [1.29, 1.82) is 0 Å². The zero-order valence-corrected chi connectivity index (χ0v) is 13.6. The number of nitrogens with zero attached hydrogens (tertiary/aromatic N) is 5. The minimum Gasteiger partial charge on any atom is -0.368 e. The molecule has 1 aliphatic rings. The van der Waals surface area contributed by atoms with E-state index in [1.165, 1.54) is 0 Å². The highest BCUT2D eigenvalue weighted by Crippen LogP contribution is 2.25. The second kappa shape index (κ2) is 6.23. The number of rotatable bonds is 4. The number of thiazole rings is 1. The number of hydrogen-bond acceptors (Lipinski definition) is 7. The van der Waals surface area contributed by atoms with E-state index in [0.717, 1.165) is 41.7 Å². The molecule has 1 aliphatic heterocycles. The summed E-state index contributed by atoms with van der Waals surface area (Å²) in [5, 5.41) is 11.3. The van der Waals surface area contributed by atoms with Crippen molar-refractivity contribution in [2.75, 3.05) is 19.7 Å². The minimum absolute atomic E-state index is 0.0458. The van der Waals surface area contributed by atoms with Crippen LogP contribution in [0.25, 0.3) is 11.3 Å². The van der Waals surface area contributed by atoms with E-state index >= 15 is 0 Å². The zero-order valence-electron chi connectivity index (χ0n) is 12.8. The smallest absolute Gasteiger partial charge is 0.151 e. The lowest BCUT2D eigenvalue weighted by Gasteiger charge is -2.31. The largest absolute Gasteiger partial charge is 0.368 e. The van der Waals surface area contributed by atoms with Gasteiger partial charge >= 0.3 is 0 Å². The fraction of sp³-hybridized carbons (Fsp3) is 0.400. The highest BCUT2D eigenvalue weighted by molar-refractivity contribution is 7.09. The Kier molecular flexibility index (Phi) is 3.94. The van der Waals surface area contributed by atoms with Gasteiger partial charge in [0.2, 0.25) is 0 Å². The second-order valence-corrected chi connectivity index (χ2v) is 6.47. The van der Waals surface area contributed by atoms with Crippen LogP contribution < -0.4 is 0 Å². The van der Waals surface area contributed by atoms with E-state index in [1.54, 1.807) is 22.2 Å². The van der Waals surface area contributed by atoms with E-state index in [-0.39, 0.29) is 6.10 Å². The maximum atomic E-state index is 5.82. The average molecular weight is 331 g/mol. The normalized spacial score (nSPS) is 19.3. The summed E-state index contributed by atoms with van der Waals surface area (Å²) in [6.45, 7) is 3.12. The van der Waals surface area contributed by atoms with Crippen molar-refractivity contribution in [2.24, 2.45) is 7.05 Å². The number of aryl methyl sites for hydroxylation is 1. The highest BCUT2D eigenvalue weighted by atomic mass is 32.1. The van der Waals surface area contributed by atoms with Crippen molar-refractivity contribution >= 4 is 11.3 Å². The molecule has 120 valence electrons. The van der Waals surface area contributed by atoms with Crippen LogP contribution in [0.4, 0.5) is 0 Å². The lowest BCUT2D eigenvalue weighted by Crippen LogP contribution is -2.37. The van der Waals surface area contributed by atoms with E-state index < -0.39 is 0 Å². The van der Waals surface area contributed by atoms with Gasteiger partial charge in [-0.15, -0.1) is 11.3 Å². The van der Waals surface area contributed by atoms with Crippen molar-refractivity contribution in [3.63, 3.8) is 0 Å². The van der Waals surface area contributed by atoms with Gasteiger partial charge < -0.3 is 9.26 Å². The van der Waals surface area contributed by atoms with Crippen molar-refractivity contribution in [2.45, 2.75) is 12.6 Å². The Balaban J connectivity index is 1.43. The SMILES string of the molecule is Cn1cc(-c2cc(CN3CCOC(c4nccs4)C3)on2)cn1. The van der Waals surface area contributed by atoms with Crippen LogP contribution in [0.2, 0.25) is 0 Å². The third-order valence-corrected chi connectivity index (χ3v) is 4.68. The van der Waals surface area contributed by atoms with Gasteiger partial charge in [0.05, 0.1) is 19.3 Å². The summed E-state index contributed by atoms with van der Waals surface area (Å²) in [5.41, 5.74) is 1.78. The molecule has 1 unspecified atom stereocenters. The third kappa shape index (κ3) is 3.19. The molecule has 3 aromatic rings. The van der Waals surface area contributed by atoms with Gasteiger partial charge in [0, 0.05) is 49.5 Å². The molecule has 0 saturated carbocycles. The fourth-order valence-corrected chi connectivity index (χ4v) is 3.36. The Bertz CT molecular complexity index is 767. The van der Waals surface area contributed by atoms with E-state index in [4.69, 9.17) is 9.26 Å². The van der Waals surface area contributed by atoms with Gasteiger partial charge in [-0.1, -0.05) is 5.16 Å². The van der Waals surface area contributed by atoms with Crippen LogP contribution in [-0.2, 0) is 18.3 Å². The van der Waals surface area contributed by atoms with Crippen LogP contribution in [0, 0.1) is 0 Å². The molecule has 0 amide bonds. The Hall–Kier alpha value is -2.03. The molecule has 0 N–H and O–H groups in total. The molecule has 23 heavy (non-hydrogen) atoms. The van der Waals surface area contributed by atoms with Crippen molar-refractivity contribution < 1.29 is 9.26 Å². The minimum atomic E-state index is 0.0458. The van der Waals surface area contributed by atoms with Gasteiger partial charge in [-0.05, 0) is 0 Å². The molecule has 0 radical (unpaired) electrons. The van der Waals surface area contributed by atoms with Crippen LogP contribution in [-0.4, -0.2) is 44.5 Å². The molecular weight excluding hydrogens is 314 g/mol. The van der Waals surface area contributed by atoms with Crippen molar-refractivity contribution in [3.05, 3.63) is 40.8 Å². The summed E-state index contributed by atoms with van der Waals surface area (Å²) >= 11 is 1.63. The predicted octanol–water partition coefficient (Wildman–Crippen LogP) is 2.11. The van der Waals surface area contributed by atoms with Crippen molar-refractivity contribution in [3.8, 4) is 11.3 Å². The lowest BCUT2D eigenvalue weighted by atomic mass is 10.2. The topological polar surface area (TPSA) is 69.2 Å². The molecule has 4 heterocycles. The monoisotopic (exact) mass is 331 g/mol. The molecule has 8 heteroatoms. The molecular formula is C15H17N5O2S. The third-order valence-electron chi connectivity index (χ3n) is 3.82. The van der Waals surface area contributed by atoms with Gasteiger partial charge in [0.15, 0.2) is 5.76 Å². The van der Waals surface area contributed by atoms with E-state index in [9.17, 15) is 0 Å². The Morgan fingerprint density at radius 3 is 3.17 bits per heavy atom. The summed E-state index contributed by atoms with van der Waals surface area (Å²) in [6.07, 6.45) is 5.58. The summed E-state index contributed by atoms with van der Waals surface area (Å²) in [5.74, 6) is 0.851. The van der Waals surface area contributed by atoms with Gasteiger partial charge in [-0.3, -0.25) is 9.58 Å². The zero-order chi connectivity index (χ0) is 15.6. The summed E-state index contributed by atoms with van der Waals surface area (Å²) < 4.78 is 13.0. The van der Waals surface area contributed by atoms with Gasteiger partial charge in [-0.2, -0.15) is 5.10 Å². The first-order chi connectivity index (χ1) is 11.3. The maximum Gasteiger partial charge on any atom is 0.151 e. The highest BCUT2D eigenvalue weighted by Gasteiger charge is 2.24. The van der Waals surface area contributed by atoms with Gasteiger partial charge in [-0.25, -0.2) is 4.98 Å². The standard InChI is InChI=1S/C15H17N5O2S/c1-19-8-11(7-17-19)13-6-12(22-18-13)9-20-3-4-21-14(10-20)15-16-2-5-23-15/h2,5-8,14H,3-4,9-10H2,1H3. The van der Waals surface area contributed by atoms with E-state index in [0.29, 0.717) is 6.61 Å². The first-order valence-corrected chi connectivity index (χ1v) is 8.34. The Labute approximate surface area is 137 Å². The number of aromatic nitrogens is 4. The Morgan fingerprint density at radius 1 is 1.43 bits per heavy atom. The molecule has 1 atom stereocenters. The predicted molar refractivity (Wildman–Crippen MR) is 84.8 cm³/mol. The molecule has 1 saturated heterocycles. The molecule has 0 spiro atoms. The van der Waals surface area contributed by atoms with Crippen LogP contribution in [0.3, 0.4) is 0 Å². The quantitative estimate of drug-likeness (QED) is 0.729.